The van der Waals surface area contributed by atoms with Crippen molar-refractivity contribution in [3.63, 3.8) is 0 Å². The van der Waals surface area contributed by atoms with E-state index in [1.54, 1.807) is 23.2 Å². The Bertz CT molecular complexity index is 1110. The maximum absolute atomic E-state index is 13.9. The molecule has 0 unspecified atom stereocenters. The number of amides is 2. The van der Waals surface area contributed by atoms with Crippen molar-refractivity contribution < 1.29 is 14.0 Å². The van der Waals surface area contributed by atoms with Crippen molar-refractivity contribution in [1.82, 2.24) is 14.8 Å². The zero-order valence-corrected chi connectivity index (χ0v) is 18.7. The Morgan fingerprint density at radius 1 is 1.09 bits per heavy atom. The Morgan fingerprint density at radius 2 is 1.88 bits per heavy atom. The molecule has 6 nitrogen and oxygen atoms in total. The van der Waals surface area contributed by atoms with Crippen molar-refractivity contribution in [3.05, 3.63) is 82.1 Å². The normalized spacial score (nSPS) is 14.4. The number of carbonyl (C=O) groups excluding carboxylic acids is 2. The third kappa shape index (κ3) is 5.57. The van der Waals surface area contributed by atoms with Gasteiger partial charge in [0.2, 0.25) is 5.91 Å². The number of thiazole rings is 1. The molecule has 166 valence electrons. The number of nitrogens with one attached hydrogen (secondary N) is 1. The van der Waals surface area contributed by atoms with Crippen molar-refractivity contribution in [2.45, 2.75) is 13.3 Å². The fraction of sp³-hybridized carbons (Fsp3) is 0.292. The number of aryl methyl sites for hydroxylation is 1. The summed E-state index contributed by atoms with van der Waals surface area (Å²) in [5.74, 6) is -0.948. The van der Waals surface area contributed by atoms with Gasteiger partial charge in [-0.3, -0.25) is 14.5 Å². The molecule has 3 aromatic rings. The van der Waals surface area contributed by atoms with Crippen molar-refractivity contribution in [1.29, 1.82) is 0 Å². The third-order valence-electron chi connectivity index (χ3n) is 5.39. The zero-order chi connectivity index (χ0) is 22.5. The minimum absolute atomic E-state index is 0.0870. The van der Waals surface area contributed by atoms with E-state index in [0.717, 1.165) is 11.3 Å². The van der Waals surface area contributed by atoms with Crippen molar-refractivity contribution in [2.24, 2.45) is 0 Å². The molecule has 0 atom stereocenters. The van der Waals surface area contributed by atoms with Crippen LogP contribution in [0.3, 0.4) is 0 Å². The fourth-order valence-electron chi connectivity index (χ4n) is 3.75. The lowest BCUT2D eigenvalue weighted by Gasteiger charge is -2.34. The highest BCUT2D eigenvalue weighted by atomic mass is 32.1. The SMILES string of the molecule is Cc1cccc(Cc2cnc(NC(=O)CN3CCN(C(=O)c4ccccc4F)CC3)s2)c1. The first kappa shape index (κ1) is 22.1. The molecule has 1 aromatic heterocycles. The van der Waals surface area contributed by atoms with Gasteiger partial charge in [-0.05, 0) is 24.6 Å². The van der Waals surface area contributed by atoms with E-state index < -0.39 is 5.82 Å². The van der Waals surface area contributed by atoms with Gasteiger partial charge in [0.05, 0.1) is 12.1 Å². The van der Waals surface area contributed by atoms with Crippen molar-refractivity contribution in [3.8, 4) is 0 Å². The highest BCUT2D eigenvalue weighted by molar-refractivity contribution is 7.15. The van der Waals surface area contributed by atoms with Crippen LogP contribution in [0.15, 0.2) is 54.7 Å². The van der Waals surface area contributed by atoms with Crippen LogP contribution in [0, 0.1) is 12.7 Å². The molecular weight excluding hydrogens is 427 g/mol. The van der Waals surface area contributed by atoms with Gasteiger partial charge in [-0.25, -0.2) is 9.37 Å². The predicted octanol–water partition coefficient (Wildman–Crippen LogP) is 3.58. The van der Waals surface area contributed by atoms with E-state index in [1.165, 1.54) is 34.6 Å². The number of hydrogen-bond acceptors (Lipinski definition) is 5. The van der Waals surface area contributed by atoms with Crippen LogP contribution >= 0.6 is 11.3 Å². The summed E-state index contributed by atoms with van der Waals surface area (Å²) in [6, 6.07) is 14.3. The van der Waals surface area contributed by atoms with Gasteiger partial charge in [0, 0.05) is 43.7 Å². The standard InChI is InChI=1S/C24H25FN4O2S/c1-17-5-4-6-18(13-17)14-19-15-26-24(32-19)27-22(30)16-28-9-11-29(12-10-28)23(31)20-7-2-3-8-21(20)25/h2-8,13,15H,9-12,14,16H2,1H3,(H,26,27,30). The average molecular weight is 453 g/mol. The van der Waals surface area contributed by atoms with Crippen LogP contribution in [0.4, 0.5) is 9.52 Å². The van der Waals surface area contributed by atoms with Gasteiger partial charge < -0.3 is 10.2 Å². The lowest BCUT2D eigenvalue weighted by atomic mass is 10.1. The van der Waals surface area contributed by atoms with E-state index in [1.807, 2.05) is 11.0 Å². The van der Waals surface area contributed by atoms with E-state index in [0.29, 0.717) is 31.3 Å². The number of halogens is 1. The first-order chi connectivity index (χ1) is 15.5. The number of benzene rings is 2. The summed E-state index contributed by atoms with van der Waals surface area (Å²) < 4.78 is 13.9. The predicted molar refractivity (Wildman–Crippen MR) is 123 cm³/mol. The number of aromatic nitrogens is 1. The number of carbonyl (C=O) groups is 2. The smallest absolute Gasteiger partial charge is 0.256 e. The molecule has 2 amide bonds. The van der Waals surface area contributed by atoms with Gasteiger partial charge in [0.25, 0.3) is 5.91 Å². The van der Waals surface area contributed by atoms with Crippen LogP contribution < -0.4 is 5.32 Å². The second-order valence-corrected chi connectivity index (χ2v) is 9.01. The molecule has 0 saturated carbocycles. The third-order valence-corrected chi connectivity index (χ3v) is 6.30. The largest absolute Gasteiger partial charge is 0.336 e. The minimum Gasteiger partial charge on any atom is -0.336 e. The van der Waals surface area contributed by atoms with Crippen LogP contribution in [0.5, 0.6) is 0 Å². The van der Waals surface area contributed by atoms with Gasteiger partial charge in [0.15, 0.2) is 5.13 Å². The molecule has 4 rings (SSSR count). The van der Waals surface area contributed by atoms with E-state index >= 15 is 0 Å². The highest BCUT2D eigenvalue weighted by Crippen LogP contribution is 2.21. The average Bonchev–Trinajstić information content (AvgIpc) is 3.20. The van der Waals surface area contributed by atoms with E-state index in [2.05, 4.69) is 35.4 Å². The molecule has 32 heavy (non-hydrogen) atoms. The molecule has 1 aliphatic rings. The van der Waals surface area contributed by atoms with Gasteiger partial charge in [-0.15, -0.1) is 11.3 Å². The number of piperazine rings is 1. The summed E-state index contributed by atoms with van der Waals surface area (Å²) >= 11 is 1.48. The maximum Gasteiger partial charge on any atom is 0.256 e. The van der Waals surface area contributed by atoms with Gasteiger partial charge >= 0.3 is 0 Å². The molecule has 1 aliphatic heterocycles. The summed E-state index contributed by atoms with van der Waals surface area (Å²) in [4.78, 5) is 34.0. The lowest BCUT2D eigenvalue weighted by molar-refractivity contribution is -0.117. The molecule has 1 saturated heterocycles. The molecule has 0 radical (unpaired) electrons. The van der Waals surface area contributed by atoms with Crippen LogP contribution in [0.1, 0.15) is 26.4 Å². The van der Waals surface area contributed by atoms with Gasteiger partial charge in [0.1, 0.15) is 5.82 Å². The molecule has 2 heterocycles. The maximum atomic E-state index is 13.9. The number of nitrogens with zero attached hydrogens (tertiary/aromatic N) is 3. The summed E-state index contributed by atoms with van der Waals surface area (Å²) in [7, 11) is 0. The second-order valence-electron chi connectivity index (χ2n) is 7.89. The number of hydrogen-bond donors (Lipinski definition) is 1. The molecule has 0 spiro atoms. The topological polar surface area (TPSA) is 65.5 Å². The van der Waals surface area contributed by atoms with E-state index in [4.69, 9.17) is 0 Å². The van der Waals surface area contributed by atoms with E-state index in [9.17, 15) is 14.0 Å². The monoisotopic (exact) mass is 452 g/mol. The Kier molecular flexibility index (Phi) is 6.92. The summed E-state index contributed by atoms with van der Waals surface area (Å²) in [5.41, 5.74) is 2.52. The summed E-state index contributed by atoms with van der Waals surface area (Å²) in [6.07, 6.45) is 2.59. The second kappa shape index (κ2) is 10.0. The number of rotatable bonds is 6. The lowest BCUT2D eigenvalue weighted by Crippen LogP contribution is -2.50. The van der Waals surface area contributed by atoms with Crippen LogP contribution in [0.25, 0.3) is 0 Å². The quantitative estimate of drug-likeness (QED) is 0.621. The molecule has 2 aromatic carbocycles. The fourth-order valence-corrected chi connectivity index (χ4v) is 4.61. The molecule has 0 bridgehead atoms. The highest BCUT2D eigenvalue weighted by Gasteiger charge is 2.25. The van der Waals surface area contributed by atoms with Crippen molar-refractivity contribution >= 4 is 28.3 Å². The summed E-state index contributed by atoms with van der Waals surface area (Å²) in [5, 5.41) is 3.46. The van der Waals surface area contributed by atoms with Crippen LogP contribution in [0.2, 0.25) is 0 Å². The van der Waals surface area contributed by atoms with Gasteiger partial charge in [-0.2, -0.15) is 0 Å². The Morgan fingerprint density at radius 3 is 2.62 bits per heavy atom. The van der Waals surface area contributed by atoms with Gasteiger partial charge in [-0.1, -0.05) is 42.0 Å². The minimum atomic E-state index is -0.510. The first-order valence-corrected chi connectivity index (χ1v) is 11.4. The Balaban J connectivity index is 1.25. The summed E-state index contributed by atoms with van der Waals surface area (Å²) in [6.45, 7) is 4.33. The Labute approximate surface area is 190 Å². The number of anilines is 1. The van der Waals surface area contributed by atoms with Crippen LogP contribution in [-0.2, 0) is 11.2 Å². The molecule has 1 N–H and O–H groups in total. The molecule has 0 aliphatic carbocycles. The van der Waals surface area contributed by atoms with Crippen molar-refractivity contribution in [2.75, 3.05) is 38.0 Å². The van der Waals surface area contributed by atoms with E-state index in [-0.39, 0.29) is 23.9 Å². The first-order valence-electron chi connectivity index (χ1n) is 10.5. The molecule has 8 heteroatoms. The molecular formula is C24H25FN4O2S. The Hall–Kier alpha value is -3.10. The van der Waals surface area contributed by atoms with Crippen LogP contribution in [-0.4, -0.2) is 59.3 Å². The molecule has 1 fully saturated rings. The zero-order valence-electron chi connectivity index (χ0n) is 17.9.